The average Bonchev–Trinajstić information content (AvgIpc) is 3.46. The van der Waals surface area contributed by atoms with Crippen LogP contribution in [0.2, 0.25) is 0 Å². The van der Waals surface area contributed by atoms with Gasteiger partial charge in [-0.2, -0.15) is 10.2 Å². The number of quaternary nitrogens is 1. The second-order valence-corrected chi connectivity index (χ2v) is 8.76. The number of hydrogen-bond donors (Lipinski definition) is 0. The topological polar surface area (TPSA) is 94.4 Å². The van der Waals surface area contributed by atoms with E-state index in [-0.39, 0.29) is 18.8 Å². The fourth-order valence-corrected chi connectivity index (χ4v) is 5.59. The predicted octanol–water partition coefficient (Wildman–Crippen LogP) is 2.57. The Morgan fingerprint density at radius 2 is 1.88 bits per heavy atom. The second kappa shape index (κ2) is 6.96. The Labute approximate surface area is 191 Å². The third-order valence-electron chi connectivity index (χ3n) is 7.02. The molecule has 4 heterocycles. The van der Waals surface area contributed by atoms with Crippen LogP contribution >= 0.6 is 0 Å². The summed E-state index contributed by atoms with van der Waals surface area (Å²) in [6.07, 6.45) is 1.52. The van der Waals surface area contributed by atoms with Crippen LogP contribution in [0.5, 0.6) is 0 Å². The third kappa shape index (κ3) is 2.56. The van der Waals surface area contributed by atoms with E-state index in [1.54, 1.807) is 12.1 Å². The molecule has 3 aliphatic rings. The Hall–Kier alpha value is -4.07. The molecule has 168 valence electrons. The van der Waals surface area contributed by atoms with Gasteiger partial charge in [-0.1, -0.05) is 0 Å². The number of Topliss-reactive ketones (excluding diaryl/α,β-unsaturated/α-hetero) is 1. The van der Waals surface area contributed by atoms with E-state index >= 15 is 0 Å². The number of nitriles is 1. The van der Waals surface area contributed by atoms with Crippen molar-refractivity contribution in [3.05, 3.63) is 71.4 Å². The van der Waals surface area contributed by atoms with Crippen LogP contribution in [0.4, 0.5) is 19.3 Å². The van der Waals surface area contributed by atoms with E-state index in [1.165, 1.54) is 18.3 Å². The van der Waals surface area contributed by atoms with Gasteiger partial charge in [-0.3, -0.25) is 14.6 Å². The molecule has 4 atom stereocenters. The van der Waals surface area contributed by atoms with Crippen LogP contribution < -0.4 is 4.90 Å². The van der Waals surface area contributed by atoms with Crippen molar-refractivity contribution in [3.63, 3.8) is 0 Å². The lowest BCUT2D eigenvalue weighted by Crippen LogP contribution is -2.62. The van der Waals surface area contributed by atoms with Gasteiger partial charge in [0, 0.05) is 23.2 Å². The maximum Gasteiger partial charge on any atom is 0.433 e. The summed E-state index contributed by atoms with van der Waals surface area (Å²) in [4.78, 5) is 48.0. The van der Waals surface area contributed by atoms with E-state index in [2.05, 4.69) is 11.1 Å². The number of benzene rings is 2. The first-order chi connectivity index (χ1) is 16.3. The number of anilines is 1. The molecule has 3 amide bonds. The smallest absolute Gasteiger partial charge is 0.287 e. The quantitative estimate of drug-likeness (QED) is 0.339. The van der Waals surface area contributed by atoms with Gasteiger partial charge in [0.2, 0.25) is 5.78 Å². The predicted molar refractivity (Wildman–Crippen MR) is 114 cm³/mol. The Balaban J connectivity index is 1.46. The summed E-state index contributed by atoms with van der Waals surface area (Å²) in [6, 6.07) is 8.64. The molecule has 0 saturated carbocycles. The van der Waals surface area contributed by atoms with Crippen molar-refractivity contribution >= 4 is 34.3 Å². The molecule has 8 nitrogen and oxygen atoms in total. The number of rotatable bonds is 3. The number of aromatic nitrogens is 1. The van der Waals surface area contributed by atoms with Gasteiger partial charge in [0.15, 0.2) is 12.1 Å². The van der Waals surface area contributed by atoms with Crippen molar-refractivity contribution in [2.24, 2.45) is 0 Å². The van der Waals surface area contributed by atoms with E-state index < -0.39 is 45.9 Å². The average molecular weight is 460 g/mol. The zero-order chi connectivity index (χ0) is 23.8. The van der Waals surface area contributed by atoms with Crippen LogP contribution in [0.1, 0.15) is 15.9 Å². The van der Waals surface area contributed by atoms with Crippen molar-refractivity contribution in [1.82, 2.24) is 9.88 Å². The molecule has 1 spiro atoms. The number of pyridine rings is 1. The Bertz CT molecular complexity index is 1460. The number of carbonyl (C=O) groups is 3. The maximum absolute atomic E-state index is 13.9. The second-order valence-electron chi connectivity index (χ2n) is 8.76. The number of ketones is 1. The molecule has 0 aliphatic carbocycles. The Kier molecular flexibility index (Phi) is 4.20. The monoisotopic (exact) mass is 460 g/mol. The Morgan fingerprint density at radius 3 is 2.62 bits per heavy atom. The van der Waals surface area contributed by atoms with Crippen LogP contribution in [0.3, 0.4) is 0 Å². The number of fused-ring (bicyclic) bond motifs is 2. The standard InChI is InChI=1S/C24H16F2N5O3/c25-15-6-14(7-16(26)8-15)22(32)19-10-29-11-20-23(33)30(24(34)31(19,20)12-29)18-4-3-13(9-27)21-17(18)2-1-5-28-21/h1-8,19-20H,10-12H2/q+1. The number of urea groups is 1. The lowest BCUT2D eigenvalue weighted by molar-refractivity contribution is -0.852. The molecule has 2 aromatic carbocycles. The normalized spacial score (nSPS) is 27.3. The van der Waals surface area contributed by atoms with Crippen LogP contribution in [0, 0.1) is 23.0 Å². The first-order valence-corrected chi connectivity index (χ1v) is 10.6. The minimum atomic E-state index is -0.968. The summed E-state index contributed by atoms with van der Waals surface area (Å²) in [7, 11) is 0. The molecular formula is C24H16F2N5O3+. The van der Waals surface area contributed by atoms with Crippen molar-refractivity contribution in [1.29, 1.82) is 5.26 Å². The summed E-state index contributed by atoms with van der Waals surface area (Å²) in [5, 5.41) is 9.88. The largest absolute Gasteiger partial charge is 0.433 e. The van der Waals surface area contributed by atoms with Crippen molar-refractivity contribution in [2.75, 3.05) is 24.7 Å². The summed E-state index contributed by atoms with van der Waals surface area (Å²) in [5.41, 5.74) is 0.787. The van der Waals surface area contributed by atoms with E-state index in [4.69, 9.17) is 0 Å². The third-order valence-corrected chi connectivity index (χ3v) is 7.02. The first kappa shape index (κ1) is 20.5. The molecule has 10 heteroatoms. The van der Waals surface area contributed by atoms with Crippen LogP contribution in [-0.4, -0.2) is 63.9 Å². The molecule has 34 heavy (non-hydrogen) atoms. The number of amides is 3. The molecule has 4 unspecified atom stereocenters. The number of halogens is 2. The highest BCUT2D eigenvalue weighted by molar-refractivity contribution is 6.22. The van der Waals surface area contributed by atoms with Crippen LogP contribution in [-0.2, 0) is 4.79 Å². The minimum absolute atomic E-state index is 0.159. The number of imide groups is 1. The van der Waals surface area contributed by atoms with E-state index in [1.807, 2.05) is 4.90 Å². The van der Waals surface area contributed by atoms with Gasteiger partial charge in [0.25, 0.3) is 5.91 Å². The Morgan fingerprint density at radius 1 is 1.12 bits per heavy atom. The van der Waals surface area contributed by atoms with Gasteiger partial charge in [-0.05, 0) is 36.4 Å². The molecule has 1 aromatic heterocycles. The van der Waals surface area contributed by atoms with Crippen molar-refractivity contribution in [2.45, 2.75) is 12.1 Å². The summed E-state index contributed by atoms with van der Waals surface area (Å²) in [6.45, 7) is 0.664. The maximum atomic E-state index is 13.9. The number of nitrogens with zero attached hydrogens (tertiary/aromatic N) is 5. The van der Waals surface area contributed by atoms with Gasteiger partial charge in [0.05, 0.1) is 29.9 Å². The fourth-order valence-electron chi connectivity index (χ4n) is 5.59. The lowest BCUT2D eigenvalue weighted by atomic mass is 9.98. The molecule has 3 fully saturated rings. The molecular weight excluding hydrogens is 444 g/mol. The molecule has 3 aromatic rings. The zero-order valence-electron chi connectivity index (χ0n) is 17.6. The lowest BCUT2D eigenvalue weighted by Gasteiger charge is -2.32. The molecule has 3 saturated heterocycles. The van der Waals surface area contributed by atoms with Gasteiger partial charge in [-0.25, -0.2) is 23.0 Å². The van der Waals surface area contributed by atoms with Crippen LogP contribution in [0.25, 0.3) is 10.9 Å². The molecule has 0 radical (unpaired) electrons. The van der Waals surface area contributed by atoms with E-state index in [9.17, 15) is 28.4 Å². The van der Waals surface area contributed by atoms with Gasteiger partial charge in [-0.15, -0.1) is 0 Å². The SMILES string of the molecule is N#Cc1ccc(N2C(=O)C3CN4CC(C(=O)c5cc(F)cc(F)c5)[N+]3(C4)C2=O)c2cccnc12. The minimum Gasteiger partial charge on any atom is -0.287 e. The summed E-state index contributed by atoms with van der Waals surface area (Å²) in [5.74, 6) is -2.81. The number of carbonyl (C=O) groups excluding carboxylic acids is 3. The highest BCUT2D eigenvalue weighted by atomic mass is 19.1. The summed E-state index contributed by atoms with van der Waals surface area (Å²) < 4.78 is 27.2. The molecule has 6 rings (SSSR count). The van der Waals surface area contributed by atoms with Gasteiger partial charge < -0.3 is 0 Å². The number of piperazine rings is 1. The van der Waals surface area contributed by atoms with Crippen LogP contribution in [0.15, 0.2) is 48.7 Å². The molecule has 2 bridgehead atoms. The number of hydrogen-bond acceptors (Lipinski definition) is 6. The summed E-state index contributed by atoms with van der Waals surface area (Å²) >= 11 is 0. The van der Waals surface area contributed by atoms with Crippen molar-refractivity contribution in [3.8, 4) is 6.07 Å². The van der Waals surface area contributed by atoms with Gasteiger partial charge in [0.1, 0.15) is 24.4 Å². The fraction of sp³-hybridized carbons (Fsp3) is 0.208. The van der Waals surface area contributed by atoms with Crippen molar-refractivity contribution < 1.29 is 27.6 Å². The van der Waals surface area contributed by atoms with Gasteiger partial charge >= 0.3 is 6.03 Å². The highest BCUT2D eigenvalue weighted by Gasteiger charge is 2.73. The molecule has 0 N–H and O–H groups in total. The van der Waals surface area contributed by atoms with E-state index in [0.717, 1.165) is 17.0 Å². The zero-order valence-corrected chi connectivity index (χ0v) is 17.6. The highest BCUT2D eigenvalue weighted by Crippen LogP contribution is 2.45. The first-order valence-electron chi connectivity index (χ1n) is 10.6. The molecule has 3 aliphatic heterocycles. The van der Waals surface area contributed by atoms with E-state index in [0.29, 0.717) is 34.8 Å².